The number of halogens is 2. The molecule has 2 N–H and O–H groups in total. The molecule has 8 rings (SSSR count). The molecule has 3 atom stereocenters. The Morgan fingerprint density at radius 2 is 1.88 bits per heavy atom. The Hall–Kier alpha value is -1.98. The molecule has 4 aromatic rings. The Kier molecular flexibility index (Phi) is 11.0. The van der Waals surface area contributed by atoms with E-state index < -0.39 is 5.82 Å². The summed E-state index contributed by atoms with van der Waals surface area (Å²) in [6, 6.07) is 11.4. The van der Waals surface area contributed by atoms with E-state index in [1.54, 1.807) is 12.1 Å². The van der Waals surface area contributed by atoms with Crippen LogP contribution in [0.3, 0.4) is 0 Å². The molecular weight excluding hydrogens is 860 g/mol. The van der Waals surface area contributed by atoms with Gasteiger partial charge in [0.25, 0.3) is 0 Å². The number of anilines is 1. The average molecular weight is 899 g/mol. The maximum Gasteiger partial charge on any atom is -0.153 e. The molecule has 4 aliphatic rings. The number of phenolic OH excluding ortho intramolecular Hbond substituents is 1. The molecular formula is C35H38ClFN5O3PSTl-. The first-order chi connectivity index (χ1) is 22.4. The first kappa shape index (κ1) is 35.8. The quantitative estimate of drug-likeness (QED) is 0.0908. The fourth-order valence-corrected chi connectivity index (χ4v) is 8.39. The number of hydrogen-bond acceptors (Lipinski definition) is 9. The Bertz CT molecular complexity index is 1910. The number of thiol groups is 1. The van der Waals surface area contributed by atoms with E-state index in [0.717, 1.165) is 88.0 Å². The van der Waals surface area contributed by atoms with E-state index in [1.165, 1.54) is 6.07 Å². The summed E-state index contributed by atoms with van der Waals surface area (Å²) in [6.45, 7) is 6.41. The number of nitrogens with one attached hydrogen (secondary N) is 1. The number of phenols is 1. The second kappa shape index (κ2) is 14.7. The molecule has 1 aliphatic carbocycles. The molecule has 13 heteroatoms. The Labute approximate surface area is 311 Å². The Morgan fingerprint density at radius 3 is 2.58 bits per heavy atom. The van der Waals surface area contributed by atoms with Gasteiger partial charge in [-0.1, -0.05) is 0 Å². The second-order valence-corrected chi connectivity index (χ2v) is 14.7. The summed E-state index contributed by atoms with van der Waals surface area (Å²) in [7, 11) is 0. The molecule has 4 fully saturated rings. The molecule has 0 amide bonds. The van der Waals surface area contributed by atoms with Crippen LogP contribution in [0.5, 0.6) is 11.8 Å². The monoisotopic (exact) mass is 898 g/mol. The standard InChI is InChI=1S/C35H34ClFN5O3.H3P.H2S.Tl/c1-2-21-4-3-5-22-14-25(43)15-26(29(21)22)30-28(37)16-27-32(31(30)36)39-34(40-33(27)42-17-23-6-7-24(18-42)38-23)45-20-35(8-9-35)19-41-10-12-44-13-11-41;;;/h3-5,14-16,23-24,38,43H,6-13,17-20H2;1H3;1H2;/p-1. The maximum absolute atomic E-state index is 16.5. The molecule has 3 aliphatic heterocycles. The van der Waals surface area contributed by atoms with Crippen molar-refractivity contribution in [3.05, 3.63) is 52.8 Å². The van der Waals surface area contributed by atoms with Gasteiger partial charge in [-0.2, -0.15) is 9.90 Å². The first-order valence-electron chi connectivity index (χ1n) is 16.0. The van der Waals surface area contributed by atoms with Gasteiger partial charge in [-0.05, 0) is 25.7 Å². The summed E-state index contributed by atoms with van der Waals surface area (Å²) < 4.78 is 31.6. The zero-order valence-corrected chi connectivity index (χ0v) is 34.2. The van der Waals surface area contributed by atoms with Crippen LogP contribution in [0.2, 0.25) is 5.02 Å². The van der Waals surface area contributed by atoms with Gasteiger partial charge in [-0.25, -0.2) is 0 Å². The average Bonchev–Trinajstić information content (AvgIpc) is 3.73. The molecule has 1 saturated carbocycles. The van der Waals surface area contributed by atoms with Crippen LogP contribution in [0.25, 0.3) is 32.8 Å². The van der Waals surface area contributed by atoms with Crippen molar-refractivity contribution >= 4 is 88.3 Å². The summed E-state index contributed by atoms with van der Waals surface area (Å²) in [6.07, 6.45) is 4.40. The van der Waals surface area contributed by atoms with Crippen molar-refractivity contribution in [1.29, 1.82) is 0 Å². The predicted octanol–water partition coefficient (Wildman–Crippen LogP) is 4.65. The molecule has 0 spiro atoms. The molecule has 250 valence electrons. The Balaban J connectivity index is 0.00000201. The van der Waals surface area contributed by atoms with Crippen LogP contribution in [0.15, 0.2) is 36.4 Å². The van der Waals surface area contributed by atoms with Gasteiger partial charge in [0, 0.05) is 37.1 Å². The zero-order chi connectivity index (χ0) is 31.4. The van der Waals surface area contributed by atoms with Gasteiger partial charge in [0.1, 0.15) is 0 Å². The van der Waals surface area contributed by atoms with Crippen LogP contribution in [0.1, 0.15) is 31.2 Å². The van der Waals surface area contributed by atoms with Gasteiger partial charge in [0.05, 0.1) is 13.2 Å². The van der Waals surface area contributed by atoms with Crippen LogP contribution in [0.4, 0.5) is 10.2 Å². The molecule has 3 aromatic carbocycles. The topological polar surface area (TPSA) is 83.0 Å². The van der Waals surface area contributed by atoms with E-state index in [9.17, 15) is 5.11 Å². The van der Waals surface area contributed by atoms with Gasteiger partial charge < -0.3 is 23.5 Å². The number of fused-ring (bicyclic) bond motifs is 4. The molecule has 2 bridgehead atoms. The number of benzene rings is 3. The summed E-state index contributed by atoms with van der Waals surface area (Å²) in [5, 5.41) is 16.6. The number of aromatic nitrogens is 2. The van der Waals surface area contributed by atoms with E-state index >= 15 is 4.39 Å². The van der Waals surface area contributed by atoms with Crippen molar-refractivity contribution in [1.82, 2.24) is 20.2 Å². The number of morpholine rings is 1. The molecule has 8 nitrogen and oxygen atoms in total. The van der Waals surface area contributed by atoms with Crippen molar-refractivity contribution in [2.75, 3.05) is 57.4 Å². The van der Waals surface area contributed by atoms with E-state index in [2.05, 4.69) is 24.5 Å². The van der Waals surface area contributed by atoms with Crippen molar-refractivity contribution in [2.24, 2.45) is 5.41 Å². The van der Waals surface area contributed by atoms with Gasteiger partial charge >= 0.3 is 199 Å². The largest absolute Gasteiger partial charge is 0.813 e. The van der Waals surface area contributed by atoms with Crippen LogP contribution in [0, 0.1) is 20.6 Å². The third kappa shape index (κ3) is 6.98. The van der Waals surface area contributed by atoms with E-state index in [1.807, 2.05) is 18.2 Å². The maximum atomic E-state index is 16.5. The van der Waals surface area contributed by atoms with Gasteiger partial charge in [-0.15, -0.1) is 0 Å². The number of ether oxygens (including phenoxy) is 2. The normalized spacial score (nSPS) is 21.2. The van der Waals surface area contributed by atoms with Crippen molar-refractivity contribution in [3.8, 4) is 32.3 Å². The third-order valence-electron chi connectivity index (χ3n) is 9.92. The fraction of sp³-hybridized carbons (Fsp3) is 0.429. The number of piperazine rings is 1. The predicted molar refractivity (Wildman–Crippen MR) is 198 cm³/mol. The summed E-state index contributed by atoms with van der Waals surface area (Å²) >= 11 is 7.69. The molecule has 3 unspecified atom stereocenters. The van der Waals surface area contributed by atoms with E-state index in [4.69, 9.17) is 31.0 Å². The minimum Gasteiger partial charge on any atom is -0.813 e. The summed E-state index contributed by atoms with van der Waals surface area (Å²) in [5.74, 6) is 3.37. The molecule has 0 radical (unpaired) electrons. The van der Waals surface area contributed by atoms with E-state index in [0.29, 0.717) is 66.7 Å². The van der Waals surface area contributed by atoms with Crippen LogP contribution < -0.4 is 15.0 Å². The van der Waals surface area contributed by atoms with Crippen molar-refractivity contribution in [2.45, 2.75) is 37.8 Å². The molecule has 4 heterocycles. The summed E-state index contributed by atoms with van der Waals surface area (Å²) in [4.78, 5) is 14.5. The van der Waals surface area contributed by atoms with E-state index in [-0.39, 0.29) is 51.2 Å². The zero-order valence-electron chi connectivity index (χ0n) is 26.6. The first-order valence-corrected chi connectivity index (χ1v) is 18.6. The summed E-state index contributed by atoms with van der Waals surface area (Å²) in [5.41, 5.74) is 1.94. The number of nitrogens with zero attached hydrogens (tertiary/aromatic N) is 4. The number of hydrogen-bond donors (Lipinski definition) is 2. The second-order valence-electron chi connectivity index (χ2n) is 13.2. The Morgan fingerprint density at radius 1 is 1.12 bits per heavy atom. The van der Waals surface area contributed by atoms with Crippen LogP contribution >= 0.6 is 21.5 Å². The van der Waals surface area contributed by atoms with Crippen molar-refractivity contribution < 1.29 is 19.0 Å². The smallest absolute Gasteiger partial charge is 0.153 e. The number of rotatable bonds is 7. The van der Waals surface area contributed by atoms with Gasteiger partial charge in [-0.3, -0.25) is 4.90 Å². The van der Waals surface area contributed by atoms with Crippen LogP contribution in [-0.4, -0.2) is 110 Å². The minimum atomic E-state index is -0.501. The molecule has 48 heavy (non-hydrogen) atoms. The van der Waals surface area contributed by atoms with Gasteiger partial charge in [0.2, 0.25) is 0 Å². The molecule has 3 saturated heterocycles. The minimum absolute atomic E-state index is 0. The fourth-order valence-electron chi connectivity index (χ4n) is 7.45. The van der Waals surface area contributed by atoms with Crippen LogP contribution in [-0.2, 0) is 18.2 Å². The van der Waals surface area contributed by atoms with Gasteiger partial charge in [0.15, 0.2) is 0 Å². The third-order valence-corrected chi connectivity index (χ3v) is 10.9. The van der Waals surface area contributed by atoms with Crippen molar-refractivity contribution in [3.63, 3.8) is 0 Å². The molecule has 1 aromatic heterocycles. The number of aromatic hydroxyl groups is 1. The SMILES string of the molecule is Oc1cc(-c2c(F)cc3c(N4CC5CCC(C4)N5)nc(OCC4(CN5CCOCC5)CC4)nc3c2Cl)c2c(C#[C][Tl])cccc2c1.P.[SH-].